The third-order valence-corrected chi connectivity index (χ3v) is 6.42. The van der Waals surface area contributed by atoms with E-state index in [2.05, 4.69) is 9.71 Å². The van der Waals surface area contributed by atoms with Crippen molar-refractivity contribution in [2.45, 2.75) is 11.8 Å². The van der Waals surface area contributed by atoms with E-state index in [-0.39, 0.29) is 27.7 Å². The van der Waals surface area contributed by atoms with Crippen LogP contribution in [-0.2, 0) is 14.8 Å². The highest BCUT2D eigenvalue weighted by atomic mass is 32.2. The number of nitrogens with zero attached hydrogens (tertiary/aromatic N) is 1. The predicted molar refractivity (Wildman–Crippen MR) is 125 cm³/mol. The van der Waals surface area contributed by atoms with E-state index in [1.165, 1.54) is 25.3 Å². The highest BCUT2D eigenvalue weighted by Gasteiger charge is 2.27. The van der Waals surface area contributed by atoms with Crippen molar-refractivity contribution in [3.63, 3.8) is 0 Å². The number of allylic oxidation sites excluding steroid dienone is 2. The number of esters is 1. The molecule has 0 spiro atoms. The number of benzene rings is 3. The lowest BCUT2D eigenvalue weighted by atomic mass is 9.92. The van der Waals surface area contributed by atoms with Gasteiger partial charge >= 0.3 is 5.97 Å². The van der Waals surface area contributed by atoms with Crippen LogP contribution in [0.1, 0.15) is 31.8 Å². The number of nitrogens with one attached hydrogen (secondary N) is 1. The van der Waals surface area contributed by atoms with Crippen molar-refractivity contribution < 1.29 is 22.7 Å². The molecule has 0 saturated carbocycles. The summed E-state index contributed by atoms with van der Waals surface area (Å²) in [7, 11) is -2.76. The summed E-state index contributed by atoms with van der Waals surface area (Å²) in [5.41, 5.74) is 2.42. The molecule has 4 rings (SSSR count). The highest BCUT2D eigenvalue weighted by Crippen LogP contribution is 2.26. The Labute approximate surface area is 191 Å². The Bertz CT molecular complexity index is 1420. The van der Waals surface area contributed by atoms with Crippen molar-refractivity contribution in [3.8, 4) is 0 Å². The van der Waals surface area contributed by atoms with Gasteiger partial charge in [-0.15, -0.1) is 0 Å². The van der Waals surface area contributed by atoms with E-state index in [1.54, 1.807) is 60.7 Å². The molecule has 166 valence electrons. The zero-order chi connectivity index (χ0) is 23.6. The van der Waals surface area contributed by atoms with Gasteiger partial charge in [0, 0.05) is 11.1 Å². The van der Waals surface area contributed by atoms with Gasteiger partial charge in [-0.05, 0) is 37.3 Å². The van der Waals surface area contributed by atoms with Gasteiger partial charge in [0.15, 0.2) is 0 Å². The summed E-state index contributed by atoms with van der Waals surface area (Å²) in [4.78, 5) is 25.3. The number of Topliss-reactive ketones (excluding diaryl/α,β-unsaturated/α-hetero) is 1. The molecule has 1 aliphatic carbocycles. The average molecular weight is 461 g/mol. The highest BCUT2D eigenvalue weighted by molar-refractivity contribution is 7.90. The van der Waals surface area contributed by atoms with Crippen molar-refractivity contribution in [2.75, 3.05) is 12.4 Å². The molecule has 1 N–H and O–H groups in total. The maximum Gasteiger partial charge on any atom is 0.339 e. The van der Waals surface area contributed by atoms with Crippen LogP contribution in [0.3, 0.4) is 0 Å². The Kier molecular flexibility index (Phi) is 5.93. The lowest BCUT2D eigenvalue weighted by Crippen LogP contribution is -2.23. The molecule has 7 nitrogen and oxygen atoms in total. The SMILES string of the molecule is COC(=O)c1ccccc1NC1=C/C(=N\S(=O)(=O)c2ccc(C)cc2)c2ccccc2C1=O. The van der Waals surface area contributed by atoms with E-state index >= 15 is 0 Å². The maximum atomic E-state index is 13.1. The van der Waals surface area contributed by atoms with Crippen LogP contribution < -0.4 is 5.32 Å². The monoisotopic (exact) mass is 460 g/mol. The Balaban J connectivity index is 1.82. The molecule has 0 bridgehead atoms. The van der Waals surface area contributed by atoms with Crippen LogP contribution in [0.5, 0.6) is 0 Å². The van der Waals surface area contributed by atoms with E-state index in [1.807, 2.05) is 6.92 Å². The summed E-state index contributed by atoms with van der Waals surface area (Å²) in [5.74, 6) is -0.921. The molecule has 3 aromatic carbocycles. The second-order valence-corrected chi connectivity index (χ2v) is 8.96. The van der Waals surface area contributed by atoms with Gasteiger partial charge in [-0.1, -0.05) is 54.1 Å². The number of aryl methyl sites for hydroxylation is 1. The number of fused-ring (bicyclic) bond motifs is 1. The molecule has 3 aromatic rings. The number of anilines is 1. The van der Waals surface area contributed by atoms with Crippen LogP contribution in [0.2, 0.25) is 0 Å². The first-order valence-electron chi connectivity index (χ1n) is 10.0. The molecule has 0 unspecified atom stereocenters. The van der Waals surface area contributed by atoms with Crippen LogP contribution in [0.4, 0.5) is 5.69 Å². The number of hydrogen-bond acceptors (Lipinski definition) is 6. The molecule has 0 aliphatic heterocycles. The molecular formula is C25H20N2O5S. The number of para-hydroxylation sites is 1. The van der Waals surface area contributed by atoms with Gasteiger partial charge in [0.1, 0.15) is 0 Å². The summed E-state index contributed by atoms with van der Waals surface area (Å²) in [6.07, 6.45) is 1.38. The molecular weight excluding hydrogens is 440 g/mol. The molecule has 0 amide bonds. The lowest BCUT2D eigenvalue weighted by Gasteiger charge is -2.19. The molecule has 0 atom stereocenters. The Morgan fingerprint density at radius 3 is 2.24 bits per heavy atom. The molecule has 8 heteroatoms. The number of carbonyl (C=O) groups excluding carboxylic acids is 2. The Morgan fingerprint density at radius 1 is 0.909 bits per heavy atom. The molecule has 0 heterocycles. The number of carbonyl (C=O) groups is 2. The van der Waals surface area contributed by atoms with Gasteiger partial charge < -0.3 is 10.1 Å². The van der Waals surface area contributed by atoms with Crippen molar-refractivity contribution in [1.82, 2.24) is 0 Å². The van der Waals surface area contributed by atoms with Gasteiger partial charge in [-0.2, -0.15) is 12.8 Å². The minimum Gasteiger partial charge on any atom is -0.465 e. The number of ether oxygens (including phenoxy) is 1. The summed E-state index contributed by atoms with van der Waals surface area (Å²) in [5, 5.41) is 2.95. The van der Waals surface area contributed by atoms with E-state index in [4.69, 9.17) is 4.74 Å². The molecule has 0 aromatic heterocycles. The minimum atomic E-state index is -4.03. The molecule has 33 heavy (non-hydrogen) atoms. The zero-order valence-electron chi connectivity index (χ0n) is 17.9. The molecule has 0 radical (unpaired) electrons. The van der Waals surface area contributed by atoms with Crippen LogP contribution in [0.15, 0.2) is 93.9 Å². The first kappa shape index (κ1) is 22.2. The standard InChI is InChI=1S/C25H20N2O5S/c1-16-11-13-17(14-12-16)33(30,31)27-22-15-23(24(28)19-8-4-3-7-18(19)22)26-21-10-6-5-9-20(21)25(29)32-2/h3-15,26H,1-2H3/b27-22+. The van der Waals surface area contributed by atoms with E-state index in [0.717, 1.165) is 5.56 Å². The Morgan fingerprint density at radius 2 is 1.55 bits per heavy atom. The van der Waals surface area contributed by atoms with Gasteiger partial charge in [-0.25, -0.2) is 4.79 Å². The number of rotatable bonds is 5. The van der Waals surface area contributed by atoms with Gasteiger partial charge in [-0.3, -0.25) is 4.79 Å². The number of hydrogen-bond donors (Lipinski definition) is 1. The van der Waals surface area contributed by atoms with E-state index < -0.39 is 16.0 Å². The zero-order valence-corrected chi connectivity index (χ0v) is 18.7. The second kappa shape index (κ2) is 8.84. The number of methoxy groups -OCH3 is 1. The molecule has 1 aliphatic rings. The first-order valence-corrected chi connectivity index (χ1v) is 11.5. The second-order valence-electron chi connectivity index (χ2n) is 7.36. The van der Waals surface area contributed by atoms with Crippen molar-refractivity contribution in [2.24, 2.45) is 4.40 Å². The maximum absolute atomic E-state index is 13.1. The van der Waals surface area contributed by atoms with Crippen LogP contribution >= 0.6 is 0 Å². The summed E-state index contributed by atoms with van der Waals surface area (Å²) in [6.45, 7) is 1.86. The largest absolute Gasteiger partial charge is 0.465 e. The third kappa shape index (κ3) is 4.47. The predicted octanol–water partition coefficient (Wildman–Crippen LogP) is 4.15. The van der Waals surface area contributed by atoms with Crippen LogP contribution in [0.25, 0.3) is 0 Å². The third-order valence-electron chi connectivity index (χ3n) is 5.11. The number of sulfonamides is 1. The topological polar surface area (TPSA) is 102 Å². The van der Waals surface area contributed by atoms with Gasteiger partial charge in [0.05, 0.1) is 34.7 Å². The van der Waals surface area contributed by atoms with E-state index in [9.17, 15) is 18.0 Å². The fourth-order valence-electron chi connectivity index (χ4n) is 3.42. The van der Waals surface area contributed by atoms with Crippen molar-refractivity contribution >= 4 is 33.2 Å². The minimum absolute atomic E-state index is 0.0499. The molecule has 0 saturated heterocycles. The van der Waals surface area contributed by atoms with Crippen LogP contribution in [-0.4, -0.2) is 33.0 Å². The summed E-state index contributed by atoms with van der Waals surface area (Å²) >= 11 is 0. The van der Waals surface area contributed by atoms with Gasteiger partial charge in [0.2, 0.25) is 5.78 Å². The van der Waals surface area contributed by atoms with Crippen molar-refractivity contribution in [1.29, 1.82) is 0 Å². The Hall–Kier alpha value is -4.04. The fraction of sp³-hybridized carbons (Fsp3) is 0.0800. The smallest absolute Gasteiger partial charge is 0.339 e. The lowest BCUT2D eigenvalue weighted by molar-refractivity contribution is 0.0601. The molecule has 0 fully saturated rings. The fourth-order valence-corrected chi connectivity index (χ4v) is 4.41. The van der Waals surface area contributed by atoms with E-state index in [0.29, 0.717) is 16.8 Å². The first-order chi connectivity index (χ1) is 15.8. The van der Waals surface area contributed by atoms with Gasteiger partial charge in [0.25, 0.3) is 10.0 Å². The van der Waals surface area contributed by atoms with Crippen LogP contribution in [0, 0.1) is 6.92 Å². The number of ketones is 1. The quantitative estimate of drug-likeness (QED) is 0.574. The summed E-state index contributed by atoms with van der Waals surface area (Å²) in [6, 6.07) is 19.6. The normalized spacial score (nSPS) is 14.4. The van der Waals surface area contributed by atoms with Crippen molar-refractivity contribution in [3.05, 3.63) is 107 Å². The average Bonchev–Trinajstić information content (AvgIpc) is 2.82. The summed E-state index contributed by atoms with van der Waals surface area (Å²) < 4.78 is 34.8.